The number of nitrogens with zero attached hydrogens (tertiary/aromatic N) is 1. The molecule has 26 heavy (non-hydrogen) atoms. The van der Waals surface area contributed by atoms with Crippen LogP contribution in [0.3, 0.4) is 0 Å². The standard InChI is InChI=1S/C19H23N3O3S/c1-11(2)8-18(24)22-19-21-16(10-26-19)13-4-5-17-14(9-13)15(6-7-25-17)20-12(3)23/h4-5,9-11,15H,6-8H2,1-3H3,(H,20,23)(H,21,22,24). The van der Waals surface area contributed by atoms with Crippen molar-refractivity contribution in [3.63, 3.8) is 0 Å². The second-order valence-electron chi connectivity index (χ2n) is 6.83. The first-order chi connectivity index (χ1) is 12.4. The summed E-state index contributed by atoms with van der Waals surface area (Å²) in [6.07, 6.45) is 1.22. The highest BCUT2D eigenvalue weighted by Gasteiger charge is 2.23. The van der Waals surface area contributed by atoms with Crippen LogP contribution in [0.1, 0.15) is 45.2 Å². The Kier molecular flexibility index (Phi) is 5.56. The van der Waals surface area contributed by atoms with E-state index in [1.807, 2.05) is 37.4 Å². The molecule has 0 fully saturated rings. The fourth-order valence-electron chi connectivity index (χ4n) is 2.95. The van der Waals surface area contributed by atoms with Crippen LogP contribution in [0.5, 0.6) is 5.75 Å². The molecule has 138 valence electrons. The molecular formula is C19H23N3O3S. The fourth-order valence-corrected chi connectivity index (χ4v) is 3.69. The average Bonchev–Trinajstić information content (AvgIpc) is 3.02. The molecule has 0 saturated heterocycles. The highest BCUT2D eigenvalue weighted by Crippen LogP contribution is 2.36. The van der Waals surface area contributed by atoms with Gasteiger partial charge in [-0.3, -0.25) is 9.59 Å². The lowest BCUT2D eigenvalue weighted by atomic mass is 9.97. The van der Waals surface area contributed by atoms with Gasteiger partial charge >= 0.3 is 0 Å². The Labute approximate surface area is 157 Å². The topological polar surface area (TPSA) is 80.3 Å². The number of nitrogens with one attached hydrogen (secondary N) is 2. The van der Waals surface area contributed by atoms with Gasteiger partial charge in [-0.1, -0.05) is 13.8 Å². The zero-order valence-corrected chi connectivity index (χ0v) is 16.0. The number of amides is 2. The van der Waals surface area contributed by atoms with E-state index in [2.05, 4.69) is 15.6 Å². The molecule has 0 aliphatic carbocycles. The third-order valence-corrected chi connectivity index (χ3v) is 4.82. The molecule has 1 aromatic carbocycles. The lowest BCUT2D eigenvalue weighted by Gasteiger charge is -2.26. The number of ether oxygens (including phenoxy) is 1. The summed E-state index contributed by atoms with van der Waals surface area (Å²) in [6, 6.07) is 5.81. The van der Waals surface area contributed by atoms with Crippen molar-refractivity contribution in [3.05, 3.63) is 29.1 Å². The summed E-state index contributed by atoms with van der Waals surface area (Å²) in [7, 11) is 0. The van der Waals surface area contributed by atoms with Crippen LogP contribution in [0.4, 0.5) is 5.13 Å². The minimum Gasteiger partial charge on any atom is -0.493 e. The smallest absolute Gasteiger partial charge is 0.226 e. The van der Waals surface area contributed by atoms with Gasteiger partial charge in [-0.25, -0.2) is 4.98 Å². The largest absolute Gasteiger partial charge is 0.493 e. The summed E-state index contributed by atoms with van der Waals surface area (Å²) in [5.74, 6) is 1.02. The maximum atomic E-state index is 11.9. The summed E-state index contributed by atoms with van der Waals surface area (Å²) in [6.45, 7) is 6.12. The van der Waals surface area contributed by atoms with E-state index in [4.69, 9.17) is 4.74 Å². The van der Waals surface area contributed by atoms with Gasteiger partial charge in [0.1, 0.15) is 5.75 Å². The summed E-state index contributed by atoms with van der Waals surface area (Å²) >= 11 is 1.40. The molecule has 0 bridgehead atoms. The van der Waals surface area contributed by atoms with Crippen molar-refractivity contribution >= 4 is 28.3 Å². The maximum absolute atomic E-state index is 11.9. The molecule has 2 heterocycles. The molecule has 1 aromatic heterocycles. The van der Waals surface area contributed by atoms with Crippen LogP contribution < -0.4 is 15.4 Å². The molecule has 1 atom stereocenters. The number of fused-ring (bicyclic) bond motifs is 1. The van der Waals surface area contributed by atoms with Gasteiger partial charge in [-0.2, -0.15) is 0 Å². The number of aromatic nitrogens is 1. The highest BCUT2D eigenvalue weighted by atomic mass is 32.1. The van der Waals surface area contributed by atoms with Gasteiger partial charge in [-0.05, 0) is 24.1 Å². The second-order valence-corrected chi connectivity index (χ2v) is 7.69. The Balaban J connectivity index is 1.80. The first-order valence-electron chi connectivity index (χ1n) is 8.72. The number of anilines is 1. The summed E-state index contributed by atoms with van der Waals surface area (Å²) < 4.78 is 5.69. The zero-order chi connectivity index (χ0) is 18.7. The van der Waals surface area contributed by atoms with Crippen molar-refractivity contribution in [1.29, 1.82) is 0 Å². The first kappa shape index (κ1) is 18.4. The van der Waals surface area contributed by atoms with Gasteiger partial charge in [0.05, 0.1) is 18.3 Å². The predicted molar refractivity (Wildman–Crippen MR) is 102 cm³/mol. The van der Waals surface area contributed by atoms with Gasteiger partial charge < -0.3 is 15.4 Å². The number of hydrogen-bond donors (Lipinski definition) is 2. The van der Waals surface area contributed by atoms with Gasteiger partial charge in [0.2, 0.25) is 11.8 Å². The van der Waals surface area contributed by atoms with Crippen molar-refractivity contribution in [2.24, 2.45) is 5.92 Å². The van der Waals surface area contributed by atoms with Gasteiger partial charge in [-0.15, -0.1) is 11.3 Å². The third kappa shape index (κ3) is 4.40. The van der Waals surface area contributed by atoms with E-state index in [-0.39, 0.29) is 17.9 Å². The summed E-state index contributed by atoms with van der Waals surface area (Å²) in [5.41, 5.74) is 2.69. The van der Waals surface area contributed by atoms with E-state index in [0.717, 1.165) is 29.0 Å². The zero-order valence-electron chi connectivity index (χ0n) is 15.2. The van der Waals surface area contributed by atoms with E-state index in [1.54, 1.807) is 0 Å². The van der Waals surface area contributed by atoms with Crippen molar-refractivity contribution in [3.8, 4) is 17.0 Å². The van der Waals surface area contributed by atoms with Crippen LogP contribution in [0, 0.1) is 5.92 Å². The fraction of sp³-hybridized carbons (Fsp3) is 0.421. The Morgan fingerprint density at radius 1 is 1.38 bits per heavy atom. The van der Waals surface area contributed by atoms with Gasteiger partial charge in [0.25, 0.3) is 0 Å². The van der Waals surface area contributed by atoms with Crippen LogP contribution in [0.2, 0.25) is 0 Å². The van der Waals surface area contributed by atoms with E-state index in [9.17, 15) is 9.59 Å². The Bertz CT molecular complexity index is 816. The minimum absolute atomic E-state index is 0.0227. The Hall–Kier alpha value is -2.41. The molecule has 0 spiro atoms. The number of thiazole rings is 1. The van der Waals surface area contributed by atoms with Crippen LogP contribution in [0.15, 0.2) is 23.6 Å². The van der Waals surface area contributed by atoms with Crippen LogP contribution in [-0.2, 0) is 9.59 Å². The van der Waals surface area contributed by atoms with Crippen molar-refractivity contribution in [2.75, 3.05) is 11.9 Å². The minimum atomic E-state index is -0.0583. The molecule has 1 aliphatic heterocycles. The lowest BCUT2D eigenvalue weighted by molar-refractivity contribution is -0.120. The summed E-state index contributed by atoms with van der Waals surface area (Å²) in [4.78, 5) is 27.9. The molecule has 7 heteroatoms. The van der Waals surface area contributed by atoms with Crippen LogP contribution in [0.25, 0.3) is 11.3 Å². The molecular weight excluding hydrogens is 350 g/mol. The van der Waals surface area contributed by atoms with Crippen molar-refractivity contribution in [2.45, 2.75) is 39.7 Å². The quantitative estimate of drug-likeness (QED) is 0.836. The lowest BCUT2D eigenvalue weighted by Crippen LogP contribution is -2.30. The number of carbonyl (C=O) groups excluding carboxylic acids is 2. The van der Waals surface area contributed by atoms with Crippen molar-refractivity contribution in [1.82, 2.24) is 10.3 Å². The average molecular weight is 373 g/mol. The second kappa shape index (κ2) is 7.86. The normalized spacial score (nSPS) is 15.9. The monoisotopic (exact) mass is 373 g/mol. The van der Waals surface area contributed by atoms with Crippen molar-refractivity contribution < 1.29 is 14.3 Å². The van der Waals surface area contributed by atoms with E-state index < -0.39 is 0 Å². The molecule has 3 rings (SSSR count). The number of rotatable bonds is 5. The highest BCUT2D eigenvalue weighted by molar-refractivity contribution is 7.14. The molecule has 0 radical (unpaired) electrons. The molecule has 1 unspecified atom stereocenters. The molecule has 0 saturated carbocycles. The number of benzene rings is 1. The SMILES string of the molecule is CC(=O)NC1CCOc2ccc(-c3csc(NC(=O)CC(C)C)n3)cc21. The van der Waals surface area contributed by atoms with Crippen LogP contribution >= 0.6 is 11.3 Å². The molecule has 6 nitrogen and oxygen atoms in total. The Morgan fingerprint density at radius 3 is 2.92 bits per heavy atom. The van der Waals surface area contributed by atoms with E-state index >= 15 is 0 Å². The van der Waals surface area contributed by atoms with Crippen LogP contribution in [-0.4, -0.2) is 23.4 Å². The van der Waals surface area contributed by atoms with Gasteiger partial charge in [0, 0.05) is 36.3 Å². The molecule has 1 aliphatic rings. The molecule has 2 N–H and O–H groups in total. The maximum Gasteiger partial charge on any atom is 0.226 e. The number of carbonyl (C=O) groups is 2. The Morgan fingerprint density at radius 2 is 2.19 bits per heavy atom. The molecule has 2 amide bonds. The first-order valence-corrected chi connectivity index (χ1v) is 9.60. The summed E-state index contributed by atoms with van der Waals surface area (Å²) in [5, 5.41) is 8.34. The predicted octanol–water partition coefficient (Wildman–Crippen LogP) is 3.75. The third-order valence-electron chi connectivity index (χ3n) is 4.07. The van der Waals surface area contributed by atoms with E-state index in [1.165, 1.54) is 18.3 Å². The molecule has 2 aromatic rings. The number of hydrogen-bond acceptors (Lipinski definition) is 5. The van der Waals surface area contributed by atoms with Gasteiger partial charge in [0.15, 0.2) is 5.13 Å². The van der Waals surface area contributed by atoms with E-state index in [0.29, 0.717) is 24.1 Å².